The highest BCUT2D eigenvalue weighted by molar-refractivity contribution is 5.85. The predicted octanol–water partition coefficient (Wildman–Crippen LogP) is 0.998. The average Bonchev–Trinajstić information content (AvgIpc) is 3.03. The molecule has 0 atom stereocenters. The first-order valence-electron chi connectivity index (χ1n) is 6.30. The van der Waals surface area contributed by atoms with Gasteiger partial charge in [-0.15, -0.1) is 0 Å². The number of hydrogen-bond acceptors (Lipinski definition) is 2. The Kier molecular flexibility index (Phi) is 2.23. The second kappa shape index (κ2) is 3.48. The SMILES string of the molecule is O=C1N(CC2CC2)CCC12CCNCC2. The third-order valence-electron chi connectivity index (χ3n) is 4.34. The molecule has 1 N–H and O–H groups in total. The second-order valence-electron chi connectivity index (χ2n) is 5.47. The maximum atomic E-state index is 12.3. The van der Waals surface area contributed by atoms with Gasteiger partial charge in [0.25, 0.3) is 0 Å². The molecule has 0 aromatic carbocycles. The molecule has 2 aliphatic heterocycles. The van der Waals surface area contributed by atoms with Gasteiger partial charge in [0, 0.05) is 13.1 Å². The lowest BCUT2D eigenvalue weighted by atomic mass is 9.78. The van der Waals surface area contributed by atoms with Crippen LogP contribution in [0.15, 0.2) is 0 Å². The molecule has 84 valence electrons. The van der Waals surface area contributed by atoms with Crippen LogP contribution >= 0.6 is 0 Å². The molecule has 3 heteroatoms. The highest BCUT2D eigenvalue weighted by atomic mass is 16.2. The van der Waals surface area contributed by atoms with Gasteiger partial charge in [-0.2, -0.15) is 0 Å². The van der Waals surface area contributed by atoms with E-state index in [-0.39, 0.29) is 5.41 Å². The molecule has 3 aliphatic rings. The molecule has 1 aliphatic carbocycles. The maximum Gasteiger partial charge on any atom is 0.228 e. The first kappa shape index (κ1) is 9.64. The minimum atomic E-state index is 0.0418. The summed E-state index contributed by atoms with van der Waals surface area (Å²) in [5.41, 5.74) is 0.0418. The number of hydrogen-bond donors (Lipinski definition) is 1. The highest BCUT2D eigenvalue weighted by Gasteiger charge is 2.47. The number of likely N-dealkylation sites (tertiary alicyclic amines) is 1. The van der Waals surface area contributed by atoms with Crippen LogP contribution in [-0.2, 0) is 4.79 Å². The summed E-state index contributed by atoms with van der Waals surface area (Å²) in [6.45, 7) is 4.13. The molecule has 0 unspecified atom stereocenters. The van der Waals surface area contributed by atoms with Crippen molar-refractivity contribution in [2.45, 2.75) is 32.1 Å². The van der Waals surface area contributed by atoms with E-state index >= 15 is 0 Å². The minimum Gasteiger partial charge on any atom is -0.342 e. The summed E-state index contributed by atoms with van der Waals surface area (Å²) in [5, 5.41) is 3.35. The van der Waals surface area contributed by atoms with Crippen LogP contribution in [0.25, 0.3) is 0 Å². The van der Waals surface area contributed by atoms with Gasteiger partial charge in [0.15, 0.2) is 0 Å². The monoisotopic (exact) mass is 208 g/mol. The normalized spacial score (nSPS) is 30.1. The summed E-state index contributed by atoms with van der Waals surface area (Å²) < 4.78 is 0. The van der Waals surface area contributed by atoms with Crippen molar-refractivity contribution in [2.75, 3.05) is 26.2 Å². The average molecular weight is 208 g/mol. The van der Waals surface area contributed by atoms with Crippen LogP contribution < -0.4 is 5.32 Å². The number of rotatable bonds is 2. The predicted molar refractivity (Wildman–Crippen MR) is 58.5 cm³/mol. The molecule has 1 saturated carbocycles. The van der Waals surface area contributed by atoms with E-state index in [2.05, 4.69) is 10.2 Å². The van der Waals surface area contributed by atoms with Crippen LogP contribution in [0.3, 0.4) is 0 Å². The summed E-state index contributed by atoms with van der Waals surface area (Å²) in [7, 11) is 0. The molecule has 3 rings (SSSR count). The van der Waals surface area contributed by atoms with E-state index in [4.69, 9.17) is 0 Å². The maximum absolute atomic E-state index is 12.3. The Labute approximate surface area is 91.2 Å². The molecule has 3 nitrogen and oxygen atoms in total. The topological polar surface area (TPSA) is 32.3 Å². The lowest BCUT2D eigenvalue weighted by Crippen LogP contribution is -2.43. The van der Waals surface area contributed by atoms with Crippen LogP contribution in [-0.4, -0.2) is 37.0 Å². The molecule has 0 radical (unpaired) electrons. The third kappa shape index (κ3) is 1.67. The lowest BCUT2D eigenvalue weighted by molar-refractivity contribution is -0.137. The third-order valence-corrected chi connectivity index (χ3v) is 4.34. The zero-order valence-corrected chi connectivity index (χ0v) is 9.30. The first-order valence-corrected chi connectivity index (χ1v) is 6.30. The summed E-state index contributed by atoms with van der Waals surface area (Å²) >= 11 is 0. The lowest BCUT2D eigenvalue weighted by Gasteiger charge is -2.32. The Balaban J connectivity index is 1.68. The molecule has 0 aromatic rings. The van der Waals surface area contributed by atoms with Crippen LogP contribution in [0, 0.1) is 11.3 Å². The highest BCUT2D eigenvalue weighted by Crippen LogP contribution is 2.41. The number of nitrogens with zero attached hydrogens (tertiary/aromatic N) is 1. The van der Waals surface area contributed by atoms with Crippen molar-refractivity contribution in [2.24, 2.45) is 11.3 Å². The minimum absolute atomic E-state index is 0.0418. The molecule has 3 fully saturated rings. The molecule has 1 spiro atoms. The van der Waals surface area contributed by atoms with Gasteiger partial charge in [0.05, 0.1) is 5.41 Å². The van der Waals surface area contributed by atoms with Crippen molar-refractivity contribution >= 4 is 5.91 Å². The quantitative estimate of drug-likeness (QED) is 0.734. The van der Waals surface area contributed by atoms with Crippen LogP contribution in [0.5, 0.6) is 0 Å². The van der Waals surface area contributed by atoms with Crippen molar-refractivity contribution in [3.05, 3.63) is 0 Å². The Hall–Kier alpha value is -0.570. The fourth-order valence-corrected chi connectivity index (χ4v) is 3.05. The van der Waals surface area contributed by atoms with Gasteiger partial charge >= 0.3 is 0 Å². The molecule has 0 bridgehead atoms. The van der Waals surface area contributed by atoms with E-state index in [1.165, 1.54) is 12.8 Å². The summed E-state index contributed by atoms with van der Waals surface area (Å²) in [6.07, 6.45) is 5.93. The number of amides is 1. The van der Waals surface area contributed by atoms with Crippen LogP contribution in [0.4, 0.5) is 0 Å². The van der Waals surface area contributed by atoms with E-state index in [0.29, 0.717) is 5.91 Å². The second-order valence-corrected chi connectivity index (χ2v) is 5.47. The van der Waals surface area contributed by atoms with Crippen LogP contribution in [0.2, 0.25) is 0 Å². The number of piperidine rings is 1. The molecular formula is C12H20N2O. The zero-order valence-electron chi connectivity index (χ0n) is 9.30. The first-order chi connectivity index (χ1) is 7.30. The fraction of sp³-hybridized carbons (Fsp3) is 0.917. The van der Waals surface area contributed by atoms with E-state index in [1.54, 1.807) is 0 Å². The molecule has 2 saturated heterocycles. The van der Waals surface area contributed by atoms with Crippen molar-refractivity contribution in [3.63, 3.8) is 0 Å². The van der Waals surface area contributed by atoms with Gasteiger partial charge in [-0.1, -0.05) is 0 Å². The smallest absolute Gasteiger partial charge is 0.228 e. The number of carbonyl (C=O) groups excluding carboxylic acids is 1. The zero-order chi connectivity index (χ0) is 10.3. The summed E-state index contributed by atoms with van der Waals surface area (Å²) in [5.74, 6) is 1.31. The van der Waals surface area contributed by atoms with Gasteiger partial charge in [0.2, 0.25) is 5.91 Å². The van der Waals surface area contributed by atoms with Crippen molar-refractivity contribution < 1.29 is 4.79 Å². The Morgan fingerprint density at radius 2 is 2.00 bits per heavy atom. The van der Waals surface area contributed by atoms with Gasteiger partial charge in [0.1, 0.15) is 0 Å². The van der Waals surface area contributed by atoms with E-state index in [1.807, 2.05) is 0 Å². The fourth-order valence-electron chi connectivity index (χ4n) is 3.05. The molecule has 15 heavy (non-hydrogen) atoms. The molecular weight excluding hydrogens is 188 g/mol. The summed E-state index contributed by atoms with van der Waals surface area (Å²) in [4.78, 5) is 14.5. The molecule has 2 heterocycles. The van der Waals surface area contributed by atoms with E-state index < -0.39 is 0 Å². The summed E-state index contributed by atoms with van der Waals surface area (Å²) in [6, 6.07) is 0. The van der Waals surface area contributed by atoms with Gasteiger partial charge in [-0.3, -0.25) is 4.79 Å². The largest absolute Gasteiger partial charge is 0.342 e. The van der Waals surface area contributed by atoms with Gasteiger partial charge in [-0.25, -0.2) is 0 Å². The van der Waals surface area contributed by atoms with Crippen molar-refractivity contribution in [1.82, 2.24) is 10.2 Å². The van der Waals surface area contributed by atoms with Crippen molar-refractivity contribution in [1.29, 1.82) is 0 Å². The Morgan fingerprint density at radius 1 is 1.27 bits per heavy atom. The van der Waals surface area contributed by atoms with Crippen LogP contribution in [0.1, 0.15) is 32.1 Å². The standard InChI is InChI=1S/C12H20N2O/c15-11-12(3-6-13-7-4-12)5-8-14(11)9-10-1-2-10/h10,13H,1-9H2. The van der Waals surface area contributed by atoms with E-state index in [9.17, 15) is 4.79 Å². The molecule has 0 aromatic heterocycles. The number of nitrogens with one attached hydrogen (secondary N) is 1. The Morgan fingerprint density at radius 3 is 2.67 bits per heavy atom. The van der Waals surface area contributed by atoms with Crippen molar-refractivity contribution in [3.8, 4) is 0 Å². The number of carbonyl (C=O) groups is 1. The van der Waals surface area contributed by atoms with Gasteiger partial charge in [-0.05, 0) is 51.1 Å². The Bertz CT molecular complexity index is 267. The molecule has 1 amide bonds. The van der Waals surface area contributed by atoms with Gasteiger partial charge < -0.3 is 10.2 Å². The van der Waals surface area contributed by atoms with E-state index in [0.717, 1.165) is 51.4 Å².